The lowest BCUT2D eigenvalue weighted by Crippen LogP contribution is -2.55. The highest BCUT2D eigenvalue weighted by atomic mass is 16.5. The molecule has 1 aromatic rings. The van der Waals surface area contributed by atoms with Gasteiger partial charge in [0.2, 0.25) is 0 Å². The molecule has 4 aliphatic carbocycles. The zero-order chi connectivity index (χ0) is 16.0. The van der Waals surface area contributed by atoms with Crippen LogP contribution in [0.5, 0.6) is 0 Å². The largest absolute Gasteiger partial charge is 0.466 e. The lowest BCUT2D eigenvalue weighted by atomic mass is 9.44. The molecule has 0 radical (unpaired) electrons. The highest BCUT2D eigenvalue weighted by Gasteiger charge is 2.59. The maximum Gasteiger partial charge on any atom is 0.309 e. The summed E-state index contributed by atoms with van der Waals surface area (Å²) >= 11 is 0. The van der Waals surface area contributed by atoms with Crippen molar-refractivity contribution in [3.63, 3.8) is 0 Å². The molecule has 120 valence electrons. The highest BCUT2D eigenvalue weighted by Crippen LogP contribution is 2.63. The van der Waals surface area contributed by atoms with E-state index in [-0.39, 0.29) is 23.2 Å². The van der Waals surface area contributed by atoms with Crippen molar-refractivity contribution in [1.29, 1.82) is 0 Å². The molecule has 23 heavy (non-hydrogen) atoms. The summed E-state index contributed by atoms with van der Waals surface area (Å²) < 4.78 is 5.44. The molecule has 0 heterocycles. The molecular formula is C21H24O2. The van der Waals surface area contributed by atoms with Gasteiger partial charge in [0.1, 0.15) is 0 Å². The summed E-state index contributed by atoms with van der Waals surface area (Å²) in [7, 11) is 0. The Bertz CT molecular complexity index is 687. The summed E-state index contributed by atoms with van der Waals surface area (Å²) in [5.74, 6) is 1.15. The van der Waals surface area contributed by atoms with Crippen molar-refractivity contribution in [3.05, 3.63) is 59.7 Å². The second kappa shape index (κ2) is 5.36. The zero-order valence-corrected chi connectivity index (χ0v) is 13.9. The molecular weight excluding hydrogens is 284 g/mol. The van der Waals surface area contributed by atoms with E-state index in [2.05, 4.69) is 55.5 Å². The Kier molecular flexibility index (Phi) is 3.44. The summed E-state index contributed by atoms with van der Waals surface area (Å²) in [6, 6.07) is 8.78. The van der Waals surface area contributed by atoms with E-state index in [4.69, 9.17) is 4.74 Å². The van der Waals surface area contributed by atoms with Gasteiger partial charge < -0.3 is 4.74 Å². The zero-order valence-electron chi connectivity index (χ0n) is 13.9. The molecule has 0 aliphatic heterocycles. The molecule has 4 unspecified atom stereocenters. The maximum absolute atomic E-state index is 12.7. The smallest absolute Gasteiger partial charge is 0.309 e. The third-order valence-electron chi connectivity index (χ3n) is 6.32. The van der Waals surface area contributed by atoms with Gasteiger partial charge in [-0.15, -0.1) is 0 Å². The monoisotopic (exact) mass is 308 g/mol. The van der Waals surface area contributed by atoms with E-state index in [0.29, 0.717) is 18.4 Å². The van der Waals surface area contributed by atoms with Crippen LogP contribution in [0.2, 0.25) is 0 Å². The number of carbonyl (C=O) groups is 1. The molecule has 0 saturated heterocycles. The van der Waals surface area contributed by atoms with Crippen LogP contribution in [-0.4, -0.2) is 12.6 Å². The summed E-state index contributed by atoms with van der Waals surface area (Å²) in [6.45, 7) is 4.63. The number of benzene rings is 1. The summed E-state index contributed by atoms with van der Waals surface area (Å²) in [5, 5.41) is 0. The van der Waals surface area contributed by atoms with Gasteiger partial charge in [0.15, 0.2) is 0 Å². The predicted octanol–water partition coefficient (Wildman–Crippen LogP) is 4.37. The molecule has 1 fully saturated rings. The third-order valence-corrected chi connectivity index (χ3v) is 6.32. The topological polar surface area (TPSA) is 26.3 Å². The predicted molar refractivity (Wildman–Crippen MR) is 91.2 cm³/mol. The van der Waals surface area contributed by atoms with Crippen LogP contribution in [0.1, 0.15) is 43.7 Å². The van der Waals surface area contributed by atoms with E-state index in [1.54, 1.807) is 0 Å². The van der Waals surface area contributed by atoms with E-state index in [1.165, 1.54) is 11.1 Å². The molecule has 5 atom stereocenters. The number of allylic oxidation sites excluding steroid dienone is 4. The first-order chi connectivity index (χ1) is 11.2. The molecule has 2 bridgehead atoms. The first-order valence-electron chi connectivity index (χ1n) is 8.84. The quantitative estimate of drug-likeness (QED) is 0.775. The minimum atomic E-state index is -0.0119. The molecule has 4 aliphatic rings. The van der Waals surface area contributed by atoms with Crippen LogP contribution in [0.3, 0.4) is 0 Å². The van der Waals surface area contributed by atoms with Gasteiger partial charge in [-0.05, 0) is 42.7 Å². The summed E-state index contributed by atoms with van der Waals surface area (Å²) in [4.78, 5) is 12.7. The maximum atomic E-state index is 12.7. The molecule has 0 N–H and O–H groups in total. The Morgan fingerprint density at radius 2 is 2.00 bits per heavy atom. The van der Waals surface area contributed by atoms with Crippen LogP contribution < -0.4 is 0 Å². The van der Waals surface area contributed by atoms with Crippen LogP contribution in [0.15, 0.2) is 48.6 Å². The second-order valence-electron chi connectivity index (χ2n) is 7.06. The Labute approximate surface area is 138 Å². The fraction of sp³-hybridized carbons (Fsp3) is 0.476. The van der Waals surface area contributed by atoms with Gasteiger partial charge in [-0.2, -0.15) is 0 Å². The van der Waals surface area contributed by atoms with Crippen LogP contribution in [0.25, 0.3) is 0 Å². The van der Waals surface area contributed by atoms with Crippen molar-refractivity contribution < 1.29 is 9.53 Å². The number of hydrogen-bond acceptors (Lipinski definition) is 2. The molecule has 2 heteroatoms. The van der Waals surface area contributed by atoms with Gasteiger partial charge in [-0.3, -0.25) is 4.79 Å². The van der Waals surface area contributed by atoms with Gasteiger partial charge in [0.05, 0.1) is 12.5 Å². The first kappa shape index (κ1) is 14.7. The summed E-state index contributed by atoms with van der Waals surface area (Å²) in [6.07, 6.45) is 11.0. The van der Waals surface area contributed by atoms with Crippen LogP contribution >= 0.6 is 0 Å². The van der Waals surface area contributed by atoms with Crippen molar-refractivity contribution in [2.75, 3.05) is 6.61 Å². The van der Waals surface area contributed by atoms with Gasteiger partial charge >= 0.3 is 5.97 Å². The van der Waals surface area contributed by atoms with Gasteiger partial charge in [-0.1, -0.05) is 55.5 Å². The Hall–Kier alpha value is -1.83. The van der Waals surface area contributed by atoms with Crippen LogP contribution in [-0.2, 0) is 14.9 Å². The normalized spacial score (nSPS) is 36.4. The van der Waals surface area contributed by atoms with Crippen molar-refractivity contribution in [1.82, 2.24) is 0 Å². The second-order valence-corrected chi connectivity index (χ2v) is 7.06. The van der Waals surface area contributed by atoms with Crippen LogP contribution in [0.4, 0.5) is 0 Å². The Balaban J connectivity index is 1.90. The third kappa shape index (κ3) is 1.90. The first-order valence-corrected chi connectivity index (χ1v) is 8.84. The lowest BCUT2D eigenvalue weighted by molar-refractivity contribution is -0.153. The fourth-order valence-corrected chi connectivity index (χ4v) is 5.45. The van der Waals surface area contributed by atoms with Crippen molar-refractivity contribution in [2.24, 2.45) is 17.8 Å². The molecule has 2 nitrogen and oxygen atoms in total. The number of fused-ring (bicyclic) bond motifs is 1. The Morgan fingerprint density at radius 1 is 1.22 bits per heavy atom. The van der Waals surface area contributed by atoms with E-state index >= 15 is 0 Å². The summed E-state index contributed by atoms with van der Waals surface area (Å²) in [5.41, 5.74) is 2.91. The van der Waals surface area contributed by atoms with Crippen molar-refractivity contribution >= 4 is 5.97 Å². The SMILES string of the molecule is CCOC(=O)C1C[C@@]2(CC)c3ccccc3C1C1C=CC=CC12. The Morgan fingerprint density at radius 3 is 2.78 bits per heavy atom. The number of ether oxygens (including phenoxy) is 1. The number of rotatable bonds is 3. The lowest BCUT2D eigenvalue weighted by Gasteiger charge is -2.59. The van der Waals surface area contributed by atoms with Crippen molar-refractivity contribution in [3.8, 4) is 0 Å². The minimum Gasteiger partial charge on any atom is -0.466 e. The standard InChI is InChI=1S/C21H24O2/c1-3-21-13-16(20(22)23-4-2)19(14-9-5-7-11-17(14)21)15-10-6-8-12-18(15)21/h5-12,14,16-17,19H,3-4,13H2,1-2H3/t14?,16?,17?,19?,21-/m1/s1. The minimum absolute atomic E-state index is 0.00812. The average molecular weight is 308 g/mol. The van der Waals surface area contributed by atoms with E-state index < -0.39 is 0 Å². The molecule has 1 aromatic carbocycles. The number of carbonyl (C=O) groups excluding carboxylic acids is 1. The number of esters is 1. The highest BCUT2D eigenvalue weighted by molar-refractivity contribution is 5.76. The van der Waals surface area contributed by atoms with Gasteiger partial charge in [0, 0.05) is 11.3 Å². The molecule has 0 amide bonds. The molecule has 5 rings (SSSR count). The number of hydrogen-bond donors (Lipinski definition) is 0. The van der Waals surface area contributed by atoms with Crippen LogP contribution in [0, 0.1) is 17.8 Å². The average Bonchev–Trinajstić information content (AvgIpc) is 2.62. The molecule has 0 aromatic heterocycles. The van der Waals surface area contributed by atoms with Crippen molar-refractivity contribution in [2.45, 2.75) is 38.0 Å². The van der Waals surface area contributed by atoms with E-state index in [0.717, 1.165) is 12.8 Å². The van der Waals surface area contributed by atoms with E-state index in [1.807, 2.05) is 6.92 Å². The van der Waals surface area contributed by atoms with Gasteiger partial charge in [0.25, 0.3) is 0 Å². The van der Waals surface area contributed by atoms with E-state index in [9.17, 15) is 4.79 Å². The molecule has 0 spiro atoms. The fourth-order valence-electron chi connectivity index (χ4n) is 5.45. The molecule has 1 saturated carbocycles. The van der Waals surface area contributed by atoms with Gasteiger partial charge in [-0.25, -0.2) is 0 Å².